The first kappa shape index (κ1) is 15.1. The van der Waals surface area contributed by atoms with Gasteiger partial charge in [0, 0.05) is 56.2 Å². The van der Waals surface area contributed by atoms with Gasteiger partial charge in [0.2, 0.25) is 0 Å². The van der Waals surface area contributed by atoms with E-state index in [2.05, 4.69) is 49.4 Å². The minimum atomic E-state index is -0.0553. The van der Waals surface area contributed by atoms with Crippen LogP contribution in [0, 0.1) is 0 Å². The maximum atomic E-state index is 5.96. The van der Waals surface area contributed by atoms with Crippen LogP contribution in [-0.4, -0.2) is 46.6 Å². The Bertz CT molecular complexity index is 831. The van der Waals surface area contributed by atoms with Crippen LogP contribution in [-0.2, 0) is 11.3 Å². The number of morpholine rings is 1. The van der Waals surface area contributed by atoms with Crippen LogP contribution in [0.3, 0.4) is 0 Å². The third-order valence-corrected chi connectivity index (χ3v) is 4.50. The standard InChI is InChI=1S/C18H21N5O/c1-19-18-17(21-7-8-22-18)16-12-23(9-10-24-16)11-13-3-2-4-15-14(13)5-6-20-15/h2-8,16,20H,9-12H2,1H3,(H,19,22). The highest BCUT2D eigenvalue weighted by Crippen LogP contribution is 2.27. The topological polar surface area (TPSA) is 66.1 Å². The molecule has 1 aromatic carbocycles. The number of rotatable bonds is 4. The van der Waals surface area contributed by atoms with Gasteiger partial charge < -0.3 is 15.0 Å². The van der Waals surface area contributed by atoms with E-state index in [1.807, 2.05) is 13.2 Å². The summed E-state index contributed by atoms with van der Waals surface area (Å²) in [4.78, 5) is 14.5. The number of anilines is 1. The molecule has 0 bridgehead atoms. The van der Waals surface area contributed by atoms with E-state index in [1.165, 1.54) is 16.5 Å². The number of nitrogens with zero attached hydrogens (tertiary/aromatic N) is 3. The summed E-state index contributed by atoms with van der Waals surface area (Å²) < 4.78 is 5.96. The van der Waals surface area contributed by atoms with Gasteiger partial charge in [0.1, 0.15) is 17.6 Å². The summed E-state index contributed by atoms with van der Waals surface area (Å²) in [5.41, 5.74) is 3.40. The molecule has 0 saturated carbocycles. The highest BCUT2D eigenvalue weighted by atomic mass is 16.5. The summed E-state index contributed by atoms with van der Waals surface area (Å²) in [6.07, 6.45) is 5.36. The zero-order chi connectivity index (χ0) is 16.4. The van der Waals surface area contributed by atoms with Gasteiger partial charge in [-0.1, -0.05) is 12.1 Å². The van der Waals surface area contributed by atoms with Crippen molar-refractivity contribution in [3.63, 3.8) is 0 Å². The zero-order valence-electron chi connectivity index (χ0n) is 13.7. The van der Waals surface area contributed by atoms with Crippen LogP contribution in [0.15, 0.2) is 42.9 Å². The van der Waals surface area contributed by atoms with Crippen LogP contribution < -0.4 is 5.32 Å². The molecule has 4 rings (SSSR count). The molecule has 2 aromatic heterocycles. The SMILES string of the molecule is CNc1nccnc1C1CN(Cc2cccc3[nH]ccc23)CCO1. The van der Waals surface area contributed by atoms with E-state index < -0.39 is 0 Å². The zero-order valence-corrected chi connectivity index (χ0v) is 13.7. The van der Waals surface area contributed by atoms with Crippen LogP contribution in [0.2, 0.25) is 0 Å². The van der Waals surface area contributed by atoms with Crippen molar-refractivity contribution < 1.29 is 4.74 Å². The minimum Gasteiger partial charge on any atom is -0.372 e. The quantitative estimate of drug-likeness (QED) is 0.772. The highest BCUT2D eigenvalue weighted by molar-refractivity contribution is 5.82. The van der Waals surface area contributed by atoms with E-state index in [0.29, 0.717) is 6.61 Å². The predicted octanol–water partition coefficient (Wildman–Crippen LogP) is 2.57. The molecule has 124 valence electrons. The lowest BCUT2D eigenvalue weighted by molar-refractivity contribution is -0.0346. The van der Waals surface area contributed by atoms with E-state index in [9.17, 15) is 0 Å². The number of hydrogen-bond acceptors (Lipinski definition) is 5. The molecule has 1 fully saturated rings. The Balaban J connectivity index is 1.54. The Labute approximate surface area is 140 Å². The van der Waals surface area contributed by atoms with Gasteiger partial charge in [0.15, 0.2) is 0 Å². The molecule has 2 N–H and O–H groups in total. The van der Waals surface area contributed by atoms with Gasteiger partial charge in [-0.05, 0) is 17.7 Å². The molecule has 1 unspecified atom stereocenters. The molecule has 3 heterocycles. The number of nitrogens with one attached hydrogen (secondary N) is 2. The minimum absolute atomic E-state index is 0.0553. The monoisotopic (exact) mass is 323 g/mol. The molecule has 0 radical (unpaired) electrons. The van der Waals surface area contributed by atoms with E-state index in [4.69, 9.17) is 4.74 Å². The number of benzene rings is 1. The van der Waals surface area contributed by atoms with Crippen LogP contribution in [0.1, 0.15) is 17.4 Å². The van der Waals surface area contributed by atoms with Crippen molar-refractivity contribution in [2.75, 3.05) is 32.1 Å². The molecule has 0 spiro atoms. The van der Waals surface area contributed by atoms with Gasteiger partial charge in [0.25, 0.3) is 0 Å². The van der Waals surface area contributed by atoms with Gasteiger partial charge >= 0.3 is 0 Å². The molecule has 0 aliphatic carbocycles. The lowest BCUT2D eigenvalue weighted by Gasteiger charge is -2.33. The first-order chi connectivity index (χ1) is 11.8. The summed E-state index contributed by atoms with van der Waals surface area (Å²) in [6.45, 7) is 3.35. The first-order valence-corrected chi connectivity index (χ1v) is 8.23. The van der Waals surface area contributed by atoms with Crippen LogP contribution >= 0.6 is 0 Å². The molecule has 3 aromatic rings. The van der Waals surface area contributed by atoms with Crippen molar-refractivity contribution in [3.05, 3.63) is 54.1 Å². The number of ether oxygens (including phenoxy) is 1. The average molecular weight is 323 g/mol. The summed E-state index contributed by atoms with van der Waals surface area (Å²) in [5.74, 6) is 0.789. The fourth-order valence-electron chi connectivity index (χ4n) is 3.32. The van der Waals surface area contributed by atoms with E-state index in [-0.39, 0.29) is 6.10 Å². The highest BCUT2D eigenvalue weighted by Gasteiger charge is 2.25. The lowest BCUT2D eigenvalue weighted by atomic mass is 10.1. The van der Waals surface area contributed by atoms with Gasteiger partial charge in [-0.15, -0.1) is 0 Å². The lowest BCUT2D eigenvalue weighted by Crippen LogP contribution is -2.38. The Hall–Kier alpha value is -2.44. The summed E-state index contributed by atoms with van der Waals surface area (Å²) in [6, 6.07) is 8.56. The molecular formula is C18H21N5O. The number of fused-ring (bicyclic) bond motifs is 1. The number of aromatic amines is 1. The van der Waals surface area contributed by atoms with Crippen molar-refractivity contribution >= 4 is 16.7 Å². The molecule has 1 saturated heterocycles. The fourth-order valence-corrected chi connectivity index (χ4v) is 3.32. The predicted molar refractivity (Wildman–Crippen MR) is 93.8 cm³/mol. The fraction of sp³-hybridized carbons (Fsp3) is 0.333. The summed E-state index contributed by atoms with van der Waals surface area (Å²) in [7, 11) is 1.86. The second kappa shape index (κ2) is 6.59. The Morgan fingerprint density at radius 2 is 2.21 bits per heavy atom. The first-order valence-electron chi connectivity index (χ1n) is 8.23. The average Bonchev–Trinajstić information content (AvgIpc) is 3.12. The van der Waals surface area contributed by atoms with Gasteiger partial charge in [-0.25, -0.2) is 4.98 Å². The maximum Gasteiger partial charge on any atom is 0.150 e. The second-order valence-electron chi connectivity index (χ2n) is 5.99. The van der Waals surface area contributed by atoms with Crippen molar-refractivity contribution in [1.82, 2.24) is 19.9 Å². The molecule has 6 heteroatoms. The molecule has 1 aliphatic heterocycles. The van der Waals surface area contributed by atoms with Gasteiger partial charge in [-0.2, -0.15) is 0 Å². The Morgan fingerprint density at radius 1 is 1.29 bits per heavy atom. The van der Waals surface area contributed by atoms with Crippen molar-refractivity contribution in [2.24, 2.45) is 0 Å². The van der Waals surface area contributed by atoms with Crippen molar-refractivity contribution in [3.8, 4) is 0 Å². The molecule has 24 heavy (non-hydrogen) atoms. The maximum absolute atomic E-state index is 5.96. The van der Waals surface area contributed by atoms with Crippen LogP contribution in [0.25, 0.3) is 10.9 Å². The third-order valence-electron chi connectivity index (χ3n) is 4.50. The smallest absolute Gasteiger partial charge is 0.150 e. The molecular weight excluding hydrogens is 302 g/mol. The van der Waals surface area contributed by atoms with Crippen molar-refractivity contribution in [1.29, 1.82) is 0 Å². The van der Waals surface area contributed by atoms with E-state index >= 15 is 0 Å². The molecule has 1 aliphatic rings. The molecule has 6 nitrogen and oxygen atoms in total. The molecule has 0 amide bonds. The number of hydrogen-bond donors (Lipinski definition) is 2. The van der Waals surface area contributed by atoms with Crippen LogP contribution in [0.5, 0.6) is 0 Å². The summed E-state index contributed by atoms with van der Waals surface area (Å²) >= 11 is 0. The summed E-state index contributed by atoms with van der Waals surface area (Å²) in [5, 5.41) is 4.39. The van der Waals surface area contributed by atoms with Crippen LogP contribution in [0.4, 0.5) is 5.82 Å². The largest absolute Gasteiger partial charge is 0.372 e. The Kier molecular flexibility index (Phi) is 4.15. The Morgan fingerprint density at radius 3 is 3.12 bits per heavy atom. The normalized spacial score (nSPS) is 18.8. The number of aromatic nitrogens is 3. The molecule has 1 atom stereocenters. The second-order valence-corrected chi connectivity index (χ2v) is 5.99. The van der Waals surface area contributed by atoms with E-state index in [1.54, 1.807) is 12.4 Å². The van der Waals surface area contributed by atoms with Crippen molar-refractivity contribution in [2.45, 2.75) is 12.6 Å². The van der Waals surface area contributed by atoms with E-state index in [0.717, 1.165) is 31.1 Å². The number of H-pyrrole nitrogens is 1. The van der Waals surface area contributed by atoms with Gasteiger partial charge in [0.05, 0.1) is 6.61 Å². The van der Waals surface area contributed by atoms with Gasteiger partial charge in [-0.3, -0.25) is 9.88 Å². The third kappa shape index (κ3) is 2.86.